The Balaban J connectivity index is 2.24. The molecule has 1 aromatic carbocycles. The summed E-state index contributed by atoms with van der Waals surface area (Å²) in [4.78, 5) is 15.4. The van der Waals surface area contributed by atoms with Crippen LogP contribution in [0.5, 0.6) is 5.75 Å². The fourth-order valence-electron chi connectivity index (χ4n) is 1.38. The van der Waals surface area contributed by atoms with E-state index in [0.717, 1.165) is 12.3 Å². The first kappa shape index (κ1) is 13.6. The van der Waals surface area contributed by atoms with E-state index >= 15 is 0 Å². The summed E-state index contributed by atoms with van der Waals surface area (Å²) in [5.74, 6) is -1.45. The lowest BCUT2D eigenvalue weighted by Crippen LogP contribution is -2.12. The molecule has 2 aromatic rings. The Labute approximate surface area is 117 Å². The molecule has 0 spiro atoms. The molecule has 0 unspecified atom stereocenters. The molecule has 0 saturated heterocycles. The zero-order valence-electron chi connectivity index (χ0n) is 9.32. The standard InChI is InChI=1S/C12H7Cl2FN2O2/c13-9-2-8(3-10(14)11(9)18)17-12(19)6-1-7(15)5-16-4-6/h1-5,18H,(H,17,19). The van der Waals surface area contributed by atoms with Crippen molar-refractivity contribution in [1.82, 2.24) is 4.98 Å². The number of amides is 1. The summed E-state index contributed by atoms with van der Waals surface area (Å²) in [7, 11) is 0. The van der Waals surface area contributed by atoms with E-state index in [1.807, 2.05) is 0 Å². The summed E-state index contributed by atoms with van der Waals surface area (Å²) in [6.07, 6.45) is 2.22. The number of hydrogen-bond acceptors (Lipinski definition) is 3. The van der Waals surface area contributed by atoms with Crippen molar-refractivity contribution in [1.29, 1.82) is 0 Å². The van der Waals surface area contributed by atoms with Crippen molar-refractivity contribution >= 4 is 34.8 Å². The van der Waals surface area contributed by atoms with Gasteiger partial charge in [-0.25, -0.2) is 4.39 Å². The molecule has 0 bridgehead atoms. The Hall–Kier alpha value is -1.85. The number of rotatable bonds is 2. The van der Waals surface area contributed by atoms with Crippen molar-refractivity contribution in [3.8, 4) is 5.75 Å². The number of pyridine rings is 1. The summed E-state index contributed by atoms with van der Waals surface area (Å²) in [6.45, 7) is 0. The number of aromatic nitrogens is 1. The second kappa shape index (κ2) is 5.42. The van der Waals surface area contributed by atoms with E-state index in [0.29, 0.717) is 0 Å². The first-order valence-corrected chi connectivity index (χ1v) is 5.83. The molecule has 1 amide bonds. The molecule has 2 N–H and O–H groups in total. The van der Waals surface area contributed by atoms with Gasteiger partial charge in [0.2, 0.25) is 0 Å². The summed E-state index contributed by atoms with van der Waals surface area (Å²) < 4.78 is 12.9. The zero-order valence-corrected chi connectivity index (χ0v) is 10.8. The zero-order chi connectivity index (χ0) is 14.0. The molecule has 0 aliphatic heterocycles. The van der Waals surface area contributed by atoms with Gasteiger partial charge in [0.15, 0.2) is 5.75 Å². The Bertz CT molecular complexity index is 626. The number of phenols is 1. The number of benzene rings is 1. The monoisotopic (exact) mass is 300 g/mol. The maximum absolute atomic E-state index is 12.9. The van der Waals surface area contributed by atoms with E-state index in [1.165, 1.54) is 18.3 Å². The van der Waals surface area contributed by atoms with Gasteiger partial charge in [0, 0.05) is 11.9 Å². The maximum Gasteiger partial charge on any atom is 0.257 e. The molecule has 98 valence electrons. The second-order valence-corrected chi connectivity index (χ2v) is 4.45. The number of nitrogens with one attached hydrogen (secondary N) is 1. The van der Waals surface area contributed by atoms with Gasteiger partial charge < -0.3 is 10.4 Å². The summed E-state index contributed by atoms with van der Waals surface area (Å²) >= 11 is 11.4. The number of nitrogens with zero attached hydrogens (tertiary/aromatic N) is 1. The molecule has 0 radical (unpaired) electrons. The SMILES string of the molecule is O=C(Nc1cc(Cl)c(O)c(Cl)c1)c1cncc(F)c1. The van der Waals surface area contributed by atoms with E-state index in [-0.39, 0.29) is 27.0 Å². The Kier molecular flexibility index (Phi) is 3.87. The van der Waals surface area contributed by atoms with Gasteiger partial charge in [-0.1, -0.05) is 23.2 Å². The molecule has 0 aliphatic carbocycles. The molecule has 1 aromatic heterocycles. The molecule has 4 nitrogen and oxygen atoms in total. The van der Waals surface area contributed by atoms with Crippen LogP contribution < -0.4 is 5.32 Å². The highest BCUT2D eigenvalue weighted by molar-refractivity contribution is 6.37. The Morgan fingerprint density at radius 1 is 1.21 bits per heavy atom. The van der Waals surface area contributed by atoms with Crippen molar-refractivity contribution in [2.45, 2.75) is 0 Å². The second-order valence-electron chi connectivity index (χ2n) is 3.63. The lowest BCUT2D eigenvalue weighted by atomic mass is 10.2. The van der Waals surface area contributed by atoms with Crippen LogP contribution in [0.3, 0.4) is 0 Å². The van der Waals surface area contributed by atoms with Gasteiger partial charge in [-0.2, -0.15) is 0 Å². The van der Waals surface area contributed by atoms with Crippen LogP contribution in [0.1, 0.15) is 10.4 Å². The van der Waals surface area contributed by atoms with E-state index in [4.69, 9.17) is 23.2 Å². The Morgan fingerprint density at radius 2 is 1.84 bits per heavy atom. The molecular weight excluding hydrogens is 294 g/mol. The predicted octanol–water partition coefficient (Wildman–Crippen LogP) is 3.49. The third-order valence-electron chi connectivity index (χ3n) is 2.24. The molecule has 0 fully saturated rings. The highest BCUT2D eigenvalue weighted by Crippen LogP contribution is 2.34. The minimum absolute atomic E-state index is 0.000155. The van der Waals surface area contributed by atoms with Gasteiger partial charge in [0.25, 0.3) is 5.91 Å². The van der Waals surface area contributed by atoms with E-state index in [2.05, 4.69) is 10.3 Å². The van der Waals surface area contributed by atoms with Crippen molar-refractivity contribution in [2.24, 2.45) is 0 Å². The van der Waals surface area contributed by atoms with Crippen LogP contribution in [-0.2, 0) is 0 Å². The molecule has 1 heterocycles. The number of halogens is 3. The number of carbonyl (C=O) groups is 1. The van der Waals surface area contributed by atoms with Crippen LogP contribution in [0.4, 0.5) is 10.1 Å². The number of hydrogen-bond donors (Lipinski definition) is 2. The average Bonchev–Trinajstić information content (AvgIpc) is 2.36. The van der Waals surface area contributed by atoms with E-state index < -0.39 is 11.7 Å². The van der Waals surface area contributed by atoms with Gasteiger partial charge in [-0.05, 0) is 18.2 Å². The van der Waals surface area contributed by atoms with Crippen LogP contribution in [-0.4, -0.2) is 16.0 Å². The summed E-state index contributed by atoms with van der Waals surface area (Å²) in [5.41, 5.74) is 0.336. The van der Waals surface area contributed by atoms with Crippen LogP contribution in [0.15, 0.2) is 30.6 Å². The quantitative estimate of drug-likeness (QED) is 0.835. The smallest absolute Gasteiger partial charge is 0.257 e. The van der Waals surface area contributed by atoms with Crippen molar-refractivity contribution in [3.05, 3.63) is 52.0 Å². The fraction of sp³-hybridized carbons (Fsp3) is 0. The van der Waals surface area contributed by atoms with Crippen LogP contribution in [0.25, 0.3) is 0 Å². The first-order valence-electron chi connectivity index (χ1n) is 5.07. The van der Waals surface area contributed by atoms with Gasteiger partial charge in [-0.15, -0.1) is 0 Å². The minimum Gasteiger partial charge on any atom is -0.505 e. The largest absolute Gasteiger partial charge is 0.505 e. The van der Waals surface area contributed by atoms with Crippen molar-refractivity contribution in [3.63, 3.8) is 0 Å². The molecule has 7 heteroatoms. The first-order chi connectivity index (χ1) is 8.97. The Morgan fingerprint density at radius 3 is 2.42 bits per heavy atom. The third kappa shape index (κ3) is 3.13. The molecule has 0 atom stereocenters. The number of anilines is 1. The molecule has 2 rings (SSSR count). The average molecular weight is 301 g/mol. The van der Waals surface area contributed by atoms with Crippen molar-refractivity contribution in [2.75, 3.05) is 5.32 Å². The van der Waals surface area contributed by atoms with Gasteiger partial charge >= 0.3 is 0 Å². The lowest BCUT2D eigenvalue weighted by Gasteiger charge is -2.07. The lowest BCUT2D eigenvalue weighted by molar-refractivity contribution is 0.102. The van der Waals surface area contributed by atoms with Crippen molar-refractivity contribution < 1.29 is 14.3 Å². The topological polar surface area (TPSA) is 62.2 Å². The highest BCUT2D eigenvalue weighted by Gasteiger charge is 2.11. The highest BCUT2D eigenvalue weighted by atomic mass is 35.5. The third-order valence-corrected chi connectivity index (χ3v) is 2.82. The summed E-state index contributed by atoms with van der Waals surface area (Å²) in [6, 6.07) is 3.70. The van der Waals surface area contributed by atoms with Gasteiger partial charge in [-0.3, -0.25) is 9.78 Å². The van der Waals surface area contributed by atoms with E-state index in [9.17, 15) is 14.3 Å². The molecular formula is C12H7Cl2FN2O2. The van der Waals surface area contributed by atoms with Gasteiger partial charge in [0.1, 0.15) is 5.82 Å². The normalized spacial score (nSPS) is 10.3. The molecule has 19 heavy (non-hydrogen) atoms. The van der Waals surface area contributed by atoms with Crippen LogP contribution in [0.2, 0.25) is 10.0 Å². The predicted molar refractivity (Wildman–Crippen MR) is 70.3 cm³/mol. The number of carbonyl (C=O) groups excluding carboxylic acids is 1. The molecule has 0 saturated carbocycles. The summed E-state index contributed by atoms with van der Waals surface area (Å²) in [5, 5.41) is 11.9. The number of aromatic hydroxyl groups is 1. The minimum atomic E-state index is -0.616. The fourth-order valence-corrected chi connectivity index (χ4v) is 1.86. The van der Waals surface area contributed by atoms with Crippen LogP contribution in [0, 0.1) is 5.82 Å². The molecule has 0 aliphatic rings. The van der Waals surface area contributed by atoms with Gasteiger partial charge in [0.05, 0.1) is 21.8 Å². The number of phenolic OH excluding ortho intramolecular Hbond substituents is 1. The van der Waals surface area contributed by atoms with Crippen LogP contribution >= 0.6 is 23.2 Å². The maximum atomic E-state index is 12.9. The van der Waals surface area contributed by atoms with E-state index in [1.54, 1.807) is 0 Å².